The molecule has 0 bridgehead atoms. The minimum atomic E-state index is -1.01. The van der Waals surface area contributed by atoms with E-state index >= 15 is 0 Å². The van der Waals surface area contributed by atoms with Gasteiger partial charge in [-0.25, -0.2) is 4.79 Å². The van der Waals surface area contributed by atoms with Gasteiger partial charge < -0.3 is 9.29 Å². The van der Waals surface area contributed by atoms with Gasteiger partial charge in [0.05, 0.1) is 0 Å². The third-order valence-corrected chi connectivity index (χ3v) is 1.60. The summed E-state index contributed by atoms with van der Waals surface area (Å²) in [6, 6.07) is 0. The molecule has 0 fully saturated rings. The van der Waals surface area contributed by atoms with Crippen molar-refractivity contribution in [3.63, 3.8) is 0 Å². The fourth-order valence-electron chi connectivity index (χ4n) is 0.173. The second-order valence-electron chi connectivity index (χ2n) is 1.07. The highest BCUT2D eigenvalue weighted by Gasteiger charge is 1.99. The topological polar surface area (TPSA) is 49.4 Å². The first kappa shape index (κ1) is 7.78. The molecule has 0 aliphatic rings. The smallest absolute Gasteiger partial charge is 0.421 e. The molecule has 47 valence electrons. The van der Waals surface area contributed by atoms with Crippen LogP contribution in [0.5, 0.6) is 0 Å². The van der Waals surface area contributed by atoms with Crippen LogP contribution in [0.1, 0.15) is 6.92 Å². The van der Waals surface area contributed by atoms with Crippen LogP contribution in [0.25, 0.3) is 0 Å². The molecule has 0 spiro atoms. The van der Waals surface area contributed by atoms with Crippen molar-refractivity contribution in [2.75, 3.05) is 11.7 Å². The second kappa shape index (κ2) is 4.93. The first-order chi connectivity index (χ1) is 3.81. The van der Waals surface area contributed by atoms with Crippen molar-refractivity contribution in [3.8, 4) is 0 Å². The van der Waals surface area contributed by atoms with E-state index in [0.717, 1.165) is 0 Å². The van der Waals surface area contributed by atoms with Crippen LogP contribution >= 0.6 is 0 Å². The average molecular weight is 135 g/mol. The van der Waals surface area contributed by atoms with E-state index in [1.807, 2.05) is 0 Å². The lowest BCUT2D eigenvalue weighted by Gasteiger charge is -2.03. The van der Waals surface area contributed by atoms with Crippen molar-refractivity contribution in [1.29, 1.82) is 0 Å². The summed E-state index contributed by atoms with van der Waals surface area (Å²) in [6.07, 6.45) is 0. The van der Waals surface area contributed by atoms with Crippen LogP contribution in [0.3, 0.4) is 0 Å². The third kappa shape index (κ3) is 3.95. The molecular formula is C4H7O3S. The highest BCUT2D eigenvalue weighted by atomic mass is 32.2. The Morgan fingerprint density at radius 1 is 1.88 bits per heavy atom. The van der Waals surface area contributed by atoms with Gasteiger partial charge in [0.2, 0.25) is 5.94 Å². The van der Waals surface area contributed by atoms with Gasteiger partial charge in [-0.3, -0.25) is 0 Å². The van der Waals surface area contributed by atoms with E-state index in [9.17, 15) is 9.35 Å². The van der Waals surface area contributed by atoms with Gasteiger partial charge >= 0.3 is 6.47 Å². The minimum absolute atomic E-state index is 0.0278. The zero-order valence-electron chi connectivity index (χ0n) is 4.55. The fraction of sp³-hybridized carbons (Fsp3) is 0.750. The molecule has 0 aliphatic carbocycles. The fourth-order valence-corrected chi connectivity index (χ4v) is 0.519. The highest BCUT2D eigenvalue weighted by Crippen LogP contribution is 1.87. The molecule has 3 nitrogen and oxygen atoms in total. The Hall–Kier alpha value is -0.220. The van der Waals surface area contributed by atoms with Gasteiger partial charge in [0.25, 0.3) is 0 Å². The first-order valence-electron chi connectivity index (χ1n) is 2.15. The molecule has 1 atom stereocenters. The first-order valence-corrected chi connectivity index (χ1v) is 3.64. The number of carbonyl (C=O) groups excluding carboxylic acids is 1. The quantitative estimate of drug-likeness (QED) is 0.501. The van der Waals surface area contributed by atoms with Crippen LogP contribution in [0.4, 0.5) is 0 Å². The van der Waals surface area contributed by atoms with Crippen LogP contribution in [0.2, 0.25) is 0 Å². The monoisotopic (exact) mass is 135 g/mol. The highest BCUT2D eigenvalue weighted by molar-refractivity contribution is 7.91. The summed E-state index contributed by atoms with van der Waals surface area (Å²) in [5.41, 5.74) is 0. The lowest BCUT2D eigenvalue weighted by atomic mass is 11.0. The van der Waals surface area contributed by atoms with Crippen LogP contribution in [0, 0.1) is 0 Å². The summed E-state index contributed by atoms with van der Waals surface area (Å²) in [7, 11) is 0. The van der Waals surface area contributed by atoms with Crippen molar-refractivity contribution in [1.82, 2.24) is 0 Å². The molecule has 0 aromatic rings. The summed E-state index contributed by atoms with van der Waals surface area (Å²) in [6.45, 7) is 2.94. The molecule has 0 aliphatic heterocycles. The van der Waals surface area contributed by atoms with Crippen molar-refractivity contribution in [2.45, 2.75) is 6.92 Å². The molecule has 0 saturated heterocycles. The zero-order chi connectivity index (χ0) is 6.41. The predicted molar refractivity (Wildman–Crippen MR) is 30.3 cm³/mol. The Morgan fingerprint density at radius 2 is 2.50 bits per heavy atom. The average Bonchev–Trinajstić information content (AvgIpc) is 1.83. The van der Waals surface area contributed by atoms with Gasteiger partial charge in [0.15, 0.2) is 0 Å². The molecule has 1 unspecified atom stereocenters. The predicted octanol–water partition coefficient (Wildman–Crippen LogP) is -0.204. The van der Waals surface area contributed by atoms with Crippen molar-refractivity contribution in [3.05, 3.63) is 0 Å². The molecule has 0 heterocycles. The summed E-state index contributed by atoms with van der Waals surface area (Å²) >= 11 is -1.01. The Kier molecular flexibility index (Phi) is 4.79. The Bertz CT molecular complexity index is 66.3. The summed E-state index contributed by atoms with van der Waals surface area (Å²) < 4.78 is 14.5. The van der Waals surface area contributed by atoms with E-state index in [0.29, 0.717) is 5.75 Å². The lowest BCUT2D eigenvalue weighted by Crippen LogP contribution is -2.10. The van der Waals surface area contributed by atoms with Crippen LogP contribution in [-0.2, 0) is 20.7 Å². The molecule has 0 rings (SSSR count). The molecule has 0 N–H and O–H groups in total. The van der Waals surface area contributed by atoms with E-state index in [-0.39, 0.29) is 5.94 Å². The standard InChI is InChI=1S/C4H7O3S/c1-2-8(6)4-7-3-5/h2,4H2,1H3. The Labute approximate surface area is 51.2 Å². The number of rotatable bonds is 4. The maximum Gasteiger partial charge on any atom is 0.421 e. The van der Waals surface area contributed by atoms with E-state index in [4.69, 9.17) is 0 Å². The van der Waals surface area contributed by atoms with Gasteiger partial charge in [-0.05, 0) is 18.1 Å². The van der Waals surface area contributed by atoms with Crippen LogP contribution in [0.15, 0.2) is 0 Å². The van der Waals surface area contributed by atoms with E-state index in [1.54, 1.807) is 6.92 Å². The molecule has 0 saturated carbocycles. The molecule has 0 aromatic carbocycles. The van der Waals surface area contributed by atoms with Crippen LogP contribution in [-0.4, -0.2) is 22.7 Å². The molecule has 8 heavy (non-hydrogen) atoms. The normalized spacial score (nSPS) is 12.8. The van der Waals surface area contributed by atoms with Crippen molar-refractivity contribution < 1.29 is 14.1 Å². The van der Waals surface area contributed by atoms with Crippen molar-refractivity contribution in [2.24, 2.45) is 0 Å². The van der Waals surface area contributed by atoms with Gasteiger partial charge in [-0.2, -0.15) is 0 Å². The molecule has 1 radical (unpaired) electrons. The SMILES string of the molecule is CC[S+]([O-])CO[C]=O. The third-order valence-electron chi connectivity index (χ3n) is 0.571. The number of hydrogen-bond donors (Lipinski definition) is 0. The largest absolute Gasteiger partial charge is 0.614 e. The molecular weight excluding hydrogens is 128 g/mol. The van der Waals surface area contributed by atoms with Gasteiger partial charge in [0.1, 0.15) is 5.75 Å². The van der Waals surface area contributed by atoms with Crippen molar-refractivity contribution >= 4 is 17.6 Å². The maximum absolute atomic E-state index is 10.4. The van der Waals surface area contributed by atoms with E-state index < -0.39 is 11.2 Å². The van der Waals surface area contributed by atoms with Gasteiger partial charge in [-0.1, -0.05) is 0 Å². The summed E-state index contributed by atoms with van der Waals surface area (Å²) in [4.78, 5) is 9.34. The number of ether oxygens (including phenoxy) is 1. The maximum atomic E-state index is 10.4. The van der Waals surface area contributed by atoms with Crippen LogP contribution < -0.4 is 0 Å². The Morgan fingerprint density at radius 3 is 2.88 bits per heavy atom. The molecule has 0 aromatic heterocycles. The molecule has 4 heteroatoms. The van der Waals surface area contributed by atoms with Gasteiger partial charge in [0, 0.05) is 0 Å². The minimum Gasteiger partial charge on any atom is -0.614 e. The molecule has 0 amide bonds. The summed E-state index contributed by atoms with van der Waals surface area (Å²) in [5, 5.41) is 0. The second-order valence-corrected chi connectivity index (χ2v) is 2.77. The lowest BCUT2D eigenvalue weighted by molar-refractivity contribution is 0.326. The van der Waals surface area contributed by atoms with E-state index in [1.165, 1.54) is 6.47 Å². The zero-order valence-corrected chi connectivity index (χ0v) is 5.36. The summed E-state index contributed by atoms with van der Waals surface area (Å²) in [5.74, 6) is 0.488. The van der Waals surface area contributed by atoms with Gasteiger partial charge in [-0.15, -0.1) is 0 Å². The Balaban J connectivity index is 2.97. The van der Waals surface area contributed by atoms with E-state index in [2.05, 4.69) is 4.74 Å². The number of hydrogen-bond acceptors (Lipinski definition) is 3.